The van der Waals surface area contributed by atoms with Crippen molar-refractivity contribution in [2.24, 2.45) is 0 Å². The van der Waals surface area contributed by atoms with Crippen molar-refractivity contribution in [3.63, 3.8) is 0 Å². The molecule has 25 heavy (non-hydrogen) atoms. The molecule has 1 fully saturated rings. The first-order valence-electron chi connectivity index (χ1n) is 7.81. The molecule has 1 N–H and O–H groups in total. The lowest BCUT2D eigenvalue weighted by Gasteiger charge is -2.34. The topological polar surface area (TPSA) is 76.9 Å². The predicted octanol–water partition coefficient (Wildman–Crippen LogP) is 2.36. The van der Waals surface area contributed by atoms with E-state index in [2.05, 4.69) is 14.8 Å². The molecule has 0 bridgehead atoms. The van der Waals surface area contributed by atoms with Crippen LogP contribution in [0.25, 0.3) is 0 Å². The van der Waals surface area contributed by atoms with Crippen LogP contribution in [-0.2, 0) is 10.0 Å². The fourth-order valence-electron chi connectivity index (χ4n) is 3.24. The molecule has 10 heteroatoms. The molecule has 0 amide bonds. The normalized spacial score (nSPS) is 25.6. The highest BCUT2D eigenvalue weighted by atomic mass is 32.2. The molecule has 1 saturated carbocycles. The zero-order valence-corrected chi connectivity index (χ0v) is 13.8. The van der Waals surface area contributed by atoms with E-state index in [-0.39, 0.29) is 12.2 Å². The van der Waals surface area contributed by atoms with Crippen molar-refractivity contribution >= 4 is 10.0 Å². The Labute approximate surface area is 142 Å². The number of alkyl halides is 3. The molecule has 2 heterocycles. The van der Waals surface area contributed by atoms with Crippen molar-refractivity contribution in [2.45, 2.75) is 48.6 Å². The summed E-state index contributed by atoms with van der Waals surface area (Å²) in [7, 11) is -4.17. The van der Waals surface area contributed by atoms with Gasteiger partial charge in [0.1, 0.15) is 0 Å². The number of sulfonamides is 1. The minimum absolute atomic E-state index is 0.0619. The SMILES string of the molecule is O=S(=O)(NC1CC(F)(F)C1)c1nc2n(n1)[C@H](c1ccccc1)C[C@@H]2F. The molecule has 1 aliphatic heterocycles. The molecule has 6 nitrogen and oxygen atoms in total. The van der Waals surface area contributed by atoms with E-state index in [1.54, 1.807) is 24.3 Å². The Kier molecular flexibility index (Phi) is 3.66. The standard InChI is InChI=1S/C15H15F3N4O2S/c16-11-6-12(9-4-2-1-3-5-9)22-13(11)19-14(20-22)25(23,24)21-10-7-15(17,18)8-10/h1-5,10-12,21H,6-8H2/t11-,12-/m0/s1. The van der Waals surface area contributed by atoms with Crippen molar-refractivity contribution in [1.29, 1.82) is 0 Å². The molecule has 4 rings (SSSR count). The third-order valence-corrected chi connectivity index (χ3v) is 5.78. The lowest BCUT2D eigenvalue weighted by molar-refractivity contribution is -0.0876. The Balaban J connectivity index is 1.60. The smallest absolute Gasteiger partial charge is 0.239 e. The summed E-state index contributed by atoms with van der Waals surface area (Å²) < 4.78 is 68.0. The highest BCUT2D eigenvalue weighted by Gasteiger charge is 2.47. The Morgan fingerprint density at radius 1 is 1.20 bits per heavy atom. The summed E-state index contributed by atoms with van der Waals surface area (Å²) in [6, 6.07) is 7.72. The van der Waals surface area contributed by atoms with Crippen LogP contribution >= 0.6 is 0 Å². The molecular weight excluding hydrogens is 357 g/mol. The van der Waals surface area contributed by atoms with Crippen molar-refractivity contribution in [3.05, 3.63) is 41.7 Å². The summed E-state index contributed by atoms with van der Waals surface area (Å²) in [4.78, 5) is 3.81. The van der Waals surface area contributed by atoms with Gasteiger partial charge in [-0.15, -0.1) is 5.10 Å². The number of halogens is 3. The van der Waals surface area contributed by atoms with Gasteiger partial charge in [-0.25, -0.2) is 31.0 Å². The molecule has 2 aromatic rings. The van der Waals surface area contributed by atoms with Crippen LogP contribution in [0.15, 0.2) is 35.5 Å². The second-order valence-corrected chi connectivity index (χ2v) is 8.02. The Morgan fingerprint density at radius 2 is 1.88 bits per heavy atom. The monoisotopic (exact) mass is 372 g/mol. The molecule has 1 aliphatic carbocycles. The van der Waals surface area contributed by atoms with Crippen molar-refractivity contribution in [1.82, 2.24) is 19.5 Å². The van der Waals surface area contributed by atoms with Gasteiger partial charge in [0.15, 0.2) is 12.0 Å². The van der Waals surface area contributed by atoms with Gasteiger partial charge in [0.2, 0.25) is 0 Å². The number of nitrogens with one attached hydrogen (secondary N) is 1. The number of hydrogen-bond donors (Lipinski definition) is 1. The summed E-state index contributed by atoms with van der Waals surface area (Å²) in [6.45, 7) is 0. The number of hydrogen-bond acceptors (Lipinski definition) is 4. The number of aromatic nitrogens is 3. The average molecular weight is 372 g/mol. The van der Waals surface area contributed by atoms with Crippen LogP contribution in [0.3, 0.4) is 0 Å². The van der Waals surface area contributed by atoms with E-state index >= 15 is 0 Å². The summed E-state index contributed by atoms with van der Waals surface area (Å²) >= 11 is 0. The minimum Gasteiger partial charge on any atom is -0.239 e. The summed E-state index contributed by atoms with van der Waals surface area (Å²) in [5, 5.41) is 3.36. The zero-order chi connectivity index (χ0) is 17.8. The van der Waals surface area contributed by atoms with Crippen molar-refractivity contribution in [3.8, 4) is 0 Å². The number of nitrogens with zero attached hydrogens (tertiary/aromatic N) is 3. The molecule has 0 radical (unpaired) electrons. The van der Waals surface area contributed by atoms with Gasteiger partial charge in [0.25, 0.3) is 21.1 Å². The van der Waals surface area contributed by atoms with Crippen molar-refractivity contribution in [2.75, 3.05) is 0 Å². The van der Waals surface area contributed by atoms with Crippen LogP contribution in [0.1, 0.15) is 42.9 Å². The highest BCUT2D eigenvalue weighted by Crippen LogP contribution is 2.40. The zero-order valence-electron chi connectivity index (χ0n) is 12.9. The molecule has 2 aliphatic rings. The van der Waals surface area contributed by atoms with Gasteiger partial charge in [0, 0.05) is 25.3 Å². The second kappa shape index (κ2) is 5.53. The van der Waals surface area contributed by atoms with Gasteiger partial charge in [-0.05, 0) is 5.56 Å². The maximum Gasteiger partial charge on any atom is 0.282 e. The first-order valence-corrected chi connectivity index (χ1v) is 9.29. The van der Waals surface area contributed by atoms with E-state index in [0.29, 0.717) is 0 Å². The van der Waals surface area contributed by atoms with Crippen LogP contribution in [0.5, 0.6) is 0 Å². The molecule has 0 saturated heterocycles. The van der Waals surface area contributed by atoms with Gasteiger partial charge in [-0.3, -0.25) is 0 Å². The van der Waals surface area contributed by atoms with E-state index in [1.165, 1.54) is 4.68 Å². The van der Waals surface area contributed by atoms with Gasteiger partial charge in [-0.1, -0.05) is 30.3 Å². The number of benzene rings is 1. The molecule has 0 spiro atoms. The lowest BCUT2D eigenvalue weighted by atomic mass is 9.89. The summed E-state index contributed by atoms with van der Waals surface area (Å²) in [5.74, 6) is -2.91. The third-order valence-electron chi connectivity index (χ3n) is 4.48. The first-order chi connectivity index (χ1) is 11.8. The van der Waals surface area contributed by atoms with E-state index in [4.69, 9.17) is 0 Å². The molecule has 1 aromatic carbocycles. The van der Waals surface area contributed by atoms with Gasteiger partial charge < -0.3 is 0 Å². The van der Waals surface area contributed by atoms with Gasteiger partial charge in [0.05, 0.1) is 6.04 Å². The van der Waals surface area contributed by atoms with Crippen LogP contribution < -0.4 is 4.72 Å². The lowest BCUT2D eigenvalue weighted by Crippen LogP contribution is -2.50. The Morgan fingerprint density at radius 3 is 2.52 bits per heavy atom. The number of rotatable bonds is 4. The van der Waals surface area contributed by atoms with Gasteiger partial charge >= 0.3 is 0 Å². The van der Waals surface area contributed by atoms with E-state index < -0.39 is 52.2 Å². The van der Waals surface area contributed by atoms with Crippen LogP contribution in [0.2, 0.25) is 0 Å². The number of fused-ring (bicyclic) bond motifs is 1. The molecular formula is C15H15F3N4O2S. The first kappa shape index (κ1) is 16.5. The van der Waals surface area contributed by atoms with Crippen LogP contribution in [0.4, 0.5) is 13.2 Å². The quantitative estimate of drug-likeness (QED) is 0.894. The largest absolute Gasteiger partial charge is 0.282 e. The Hall–Kier alpha value is -1.94. The van der Waals surface area contributed by atoms with Crippen molar-refractivity contribution < 1.29 is 21.6 Å². The summed E-state index contributed by atoms with van der Waals surface area (Å²) in [6.07, 6.45) is -2.42. The fraction of sp³-hybridized carbons (Fsp3) is 0.467. The molecule has 134 valence electrons. The highest BCUT2D eigenvalue weighted by molar-refractivity contribution is 7.89. The fourth-order valence-corrected chi connectivity index (χ4v) is 4.36. The van der Waals surface area contributed by atoms with E-state index in [0.717, 1.165) is 5.56 Å². The van der Waals surface area contributed by atoms with Gasteiger partial charge in [-0.2, -0.15) is 4.98 Å². The summed E-state index contributed by atoms with van der Waals surface area (Å²) in [5.41, 5.74) is 0.796. The maximum atomic E-state index is 14.3. The second-order valence-electron chi connectivity index (χ2n) is 6.41. The average Bonchev–Trinajstić information content (AvgIpc) is 3.08. The maximum absolute atomic E-state index is 14.3. The molecule has 1 aromatic heterocycles. The molecule has 2 atom stereocenters. The van der Waals surface area contributed by atoms with Crippen LogP contribution in [0, 0.1) is 0 Å². The van der Waals surface area contributed by atoms with E-state index in [9.17, 15) is 21.6 Å². The third kappa shape index (κ3) is 2.93. The van der Waals surface area contributed by atoms with E-state index in [1.807, 2.05) is 6.07 Å². The predicted molar refractivity (Wildman–Crippen MR) is 81.4 cm³/mol. The molecule has 0 unspecified atom stereocenters. The van der Waals surface area contributed by atoms with Crippen LogP contribution in [-0.4, -0.2) is 35.1 Å². The minimum atomic E-state index is -4.17. The Bertz CT molecular complexity index is 893.